The number of sulfonamides is 1. The molecule has 36 heavy (non-hydrogen) atoms. The molecule has 2 aromatic carbocycles. The number of benzene rings is 2. The van der Waals surface area contributed by atoms with Crippen molar-refractivity contribution >= 4 is 21.8 Å². The molecule has 1 aliphatic rings. The van der Waals surface area contributed by atoms with E-state index in [0.29, 0.717) is 11.8 Å². The Morgan fingerprint density at radius 3 is 2.39 bits per heavy atom. The van der Waals surface area contributed by atoms with E-state index >= 15 is 0 Å². The fraction of sp³-hybridized carbons (Fsp3) is 0.417. The highest BCUT2D eigenvalue weighted by Gasteiger charge is 2.35. The number of carbonyl (C=O) groups is 2. The summed E-state index contributed by atoms with van der Waals surface area (Å²) in [6, 6.07) is 9.52. The first-order chi connectivity index (χ1) is 16.9. The maximum absolute atomic E-state index is 13.0. The van der Waals surface area contributed by atoms with Gasteiger partial charge in [0.15, 0.2) is 0 Å². The third-order valence-electron chi connectivity index (χ3n) is 5.91. The number of ether oxygens (including phenoxy) is 1. The van der Waals surface area contributed by atoms with Crippen LogP contribution in [0.15, 0.2) is 53.4 Å². The van der Waals surface area contributed by atoms with Crippen LogP contribution in [0.5, 0.6) is 5.75 Å². The van der Waals surface area contributed by atoms with E-state index in [-0.39, 0.29) is 44.3 Å². The minimum atomic E-state index is -4.66. The first-order valence-corrected chi connectivity index (χ1v) is 12.7. The second-order valence-corrected chi connectivity index (χ2v) is 10.4. The molecule has 0 unspecified atom stereocenters. The van der Waals surface area contributed by atoms with E-state index in [4.69, 9.17) is 4.74 Å². The Morgan fingerprint density at radius 1 is 1.11 bits per heavy atom. The summed E-state index contributed by atoms with van der Waals surface area (Å²) < 4.78 is 71.3. The molecule has 1 saturated heterocycles. The topological polar surface area (TPSA) is 105 Å². The molecule has 0 bridgehead atoms. The van der Waals surface area contributed by atoms with E-state index in [1.165, 1.54) is 14.0 Å². The zero-order valence-electron chi connectivity index (χ0n) is 19.8. The summed E-state index contributed by atoms with van der Waals surface area (Å²) in [7, 11) is -2.62. The normalized spacial score (nSPS) is 16.2. The van der Waals surface area contributed by atoms with Crippen LogP contribution in [0, 0.1) is 0 Å². The summed E-state index contributed by atoms with van der Waals surface area (Å²) in [5.41, 5.74) is -0.305. The fourth-order valence-corrected chi connectivity index (χ4v) is 5.59. The largest absolute Gasteiger partial charge is 0.496 e. The van der Waals surface area contributed by atoms with Crippen molar-refractivity contribution < 1.29 is 35.9 Å². The van der Waals surface area contributed by atoms with Gasteiger partial charge in [0.25, 0.3) is 0 Å². The predicted molar refractivity (Wildman–Crippen MR) is 126 cm³/mol. The Labute approximate surface area is 207 Å². The molecule has 0 aliphatic carbocycles. The third kappa shape index (κ3) is 6.76. The molecule has 2 aromatic rings. The van der Waals surface area contributed by atoms with Gasteiger partial charge in [0.05, 0.1) is 17.6 Å². The van der Waals surface area contributed by atoms with Crippen molar-refractivity contribution in [1.29, 1.82) is 0 Å². The molecule has 2 N–H and O–H groups in total. The number of hydrogen-bond donors (Lipinski definition) is 2. The van der Waals surface area contributed by atoms with Crippen LogP contribution in [0.1, 0.15) is 30.9 Å². The highest BCUT2D eigenvalue weighted by molar-refractivity contribution is 7.89. The number of carbonyl (C=O) groups excluding carboxylic acids is 2. The van der Waals surface area contributed by atoms with Gasteiger partial charge >= 0.3 is 6.18 Å². The number of nitrogens with one attached hydrogen (secondary N) is 2. The van der Waals surface area contributed by atoms with Crippen LogP contribution in [-0.4, -0.2) is 56.8 Å². The molecule has 0 saturated carbocycles. The van der Waals surface area contributed by atoms with Crippen LogP contribution in [-0.2, 0) is 32.2 Å². The Kier molecular flexibility index (Phi) is 8.62. The Balaban J connectivity index is 1.65. The lowest BCUT2D eigenvalue weighted by Crippen LogP contribution is -2.53. The zero-order valence-corrected chi connectivity index (χ0v) is 20.7. The van der Waals surface area contributed by atoms with Gasteiger partial charge < -0.3 is 15.4 Å². The van der Waals surface area contributed by atoms with E-state index in [9.17, 15) is 31.2 Å². The SMILES string of the molecule is COc1ccccc1C[C@H](NC(C)=O)C(=O)NC1CCN(S(=O)(=O)c2cccc(C(F)(F)F)c2)CC1. The van der Waals surface area contributed by atoms with E-state index < -0.39 is 38.6 Å². The lowest BCUT2D eigenvalue weighted by Gasteiger charge is -2.32. The molecule has 1 aliphatic heterocycles. The van der Waals surface area contributed by atoms with Gasteiger partial charge in [-0.25, -0.2) is 8.42 Å². The number of para-hydroxylation sites is 1. The molecule has 196 valence electrons. The zero-order chi connectivity index (χ0) is 26.5. The lowest BCUT2D eigenvalue weighted by atomic mass is 10.0. The number of rotatable bonds is 8. The maximum Gasteiger partial charge on any atom is 0.416 e. The molecule has 0 spiro atoms. The van der Waals surface area contributed by atoms with Gasteiger partial charge in [0.1, 0.15) is 11.8 Å². The molecule has 3 rings (SSSR count). The minimum Gasteiger partial charge on any atom is -0.496 e. The number of alkyl halides is 3. The lowest BCUT2D eigenvalue weighted by molar-refractivity contribution is -0.137. The standard InChI is InChI=1S/C24H28F3N3O5S/c1-16(31)28-21(14-17-6-3-4-9-22(17)35-2)23(32)29-19-10-12-30(13-11-19)36(33,34)20-8-5-7-18(15-20)24(25,26)27/h3-9,15,19,21H,10-14H2,1-2H3,(H,28,31)(H,29,32)/t21-/m0/s1. The number of nitrogens with zero attached hydrogens (tertiary/aromatic N) is 1. The van der Waals surface area contributed by atoms with Crippen molar-refractivity contribution in [2.45, 2.75) is 49.3 Å². The Hall–Kier alpha value is -3.12. The maximum atomic E-state index is 13.0. The average molecular weight is 528 g/mol. The molecule has 0 aromatic heterocycles. The second-order valence-electron chi connectivity index (χ2n) is 8.48. The van der Waals surface area contributed by atoms with Crippen molar-refractivity contribution in [2.75, 3.05) is 20.2 Å². The smallest absolute Gasteiger partial charge is 0.416 e. The summed E-state index contributed by atoms with van der Waals surface area (Å²) in [6.45, 7) is 1.36. The van der Waals surface area contributed by atoms with Crippen LogP contribution in [0.25, 0.3) is 0 Å². The molecule has 1 fully saturated rings. The van der Waals surface area contributed by atoms with E-state index in [1.54, 1.807) is 24.3 Å². The number of methoxy groups -OCH3 is 1. The quantitative estimate of drug-likeness (QED) is 0.550. The number of halogens is 3. The van der Waals surface area contributed by atoms with Crippen LogP contribution in [0.2, 0.25) is 0 Å². The summed E-state index contributed by atoms with van der Waals surface area (Å²) in [5, 5.41) is 5.49. The van der Waals surface area contributed by atoms with Crippen molar-refractivity contribution in [1.82, 2.24) is 14.9 Å². The van der Waals surface area contributed by atoms with E-state index in [2.05, 4.69) is 10.6 Å². The number of hydrogen-bond acceptors (Lipinski definition) is 5. The summed E-state index contributed by atoms with van der Waals surface area (Å²) in [6.07, 6.45) is -3.92. The van der Waals surface area contributed by atoms with Crippen molar-refractivity contribution in [2.24, 2.45) is 0 Å². The van der Waals surface area contributed by atoms with Gasteiger partial charge in [-0.3, -0.25) is 9.59 Å². The molecule has 8 nitrogen and oxygen atoms in total. The Morgan fingerprint density at radius 2 is 1.78 bits per heavy atom. The number of amides is 2. The third-order valence-corrected chi connectivity index (χ3v) is 7.80. The van der Waals surface area contributed by atoms with Crippen molar-refractivity contribution in [3.63, 3.8) is 0 Å². The first kappa shape index (κ1) is 27.5. The molecule has 0 radical (unpaired) electrons. The predicted octanol–water partition coefficient (Wildman–Crippen LogP) is 2.73. The van der Waals surface area contributed by atoms with Gasteiger partial charge in [0, 0.05) is 32.5 Å². The van der Waals surface area contributed by atoms with Gasteiger partial charge in [-0.05, 0) is 42.7 Å². The molecule has 2 amide bonds. The summed E-state index contributed by atoms with van der Waals surface area (Å²) in [4.78, 5) is 24.3. The van der Waals surface area contributed by atoms with Crippen molar-refractivity contribution in [3.8, 4) is 5.75 Å². The molecule has 12 heteroatoms. The average Bonchev–Trinajstić information content (AvgIpc) is 2.83. The highest BCUT2D eigenvalue weighted by atomic mass is 32.2. The first-order valence-electron chi connectivity index (χ1n) is 11.3. The Bertz CT molecular complexity index is 1200. The van der Waals surface area contributed by atoms with E-state index in [0.717, 1.165) is 28.1 Å². The van der Waals surface area contributed by atoms with Gasteiger partial charge in [-0.15, -0.1) is 0 Å². The minimum absolute atomic E-state index is 0.0286. The molecule has 1 heterocycles. The van der Waals surface area contributed by atoms with E-state index in [1.807, 2.05) is 0 Å². The van der Waals surface area contributed by atoms with Crippen LogP contribution < -0.4 is 15.4 Å². The van der Waals surface area contributed by atoms with Crippen LogP contribution in [0.4, 0.5) is 13.2 Å². The molecule has 1 atom stereocenters. The van der Waals surface area contributed by atoms with Crippen LogP contribution in [0.3, 0.4) is 0 Å². The van der Waals surface area contributed by atoms with Gasteiger partial charge in [-0.2, -0.15) is 17.5 Å². The highest BCUT2D eigenvalue weighted by Crippen LogP contribution is 2.31. The number of piperidine rings is 1. The fourth-order valence-electron chi connectivity index (χ4n) is 4.07. The van der Waals surface area contributed by atoms with Gasteiger partial charge in [0.2, 0.25) is 21.8 Å². The van der Waals surface area contributed by atoms with Gasteiger partial charge in [-0.1, -0.05) is 24.3 Å². The molecular weight excluding hydrogens is 499 g/mol. The summed E-state index contributed by atoms with van der Waals surface area (Å²) in [5.74, 6) is -0.226. The van der Waals surface area contributed by atoms with Crippen molar-refractivity contribution in [3.05, 3.63) is 59.7 Å². The van der Waals surface area contributed by atoms with Crippen LogP contribution >= 0.6 is 0 Å². The summed E-state index contributed by atoms with van der Waals surface area (Å²) >= 11 is 0. The molecular formula is C24H28F3N3O5S. The second kappa shape index (κ2) is 11.3. The monoisotopic (exact) mass is 527 g/mol.